The number of hydrogen-bond acceptors (Lipinski definition) is 3. The Morgan fingerprint density at radius 1 is 1.53 bits per heavy atom. The van der Waals surface area contributed by atoms with Crippen LogP contribution in [0.15, 0.2) is 28.9 Å². The summed E-state index contributed by atoms with van der Waals surface area (Å²) >= 11 is 3.37. The molecule has 19 heavy (non-hydrogen) atoms. The van der Waals surface area contributed by atoms with Crippen LogP contribution < -0.4 is 11.3 Å². The highest BCUT2D eigenvalue weighted by Crippen LogP contribution is 2.25. The first-order valence-corrected chi connectivity index (χ1v) is 6.70. The van der Waals surface area contributed by atoms with Crippen molar-refractivity contribution in [2.24, 2.45) is 12.9 Å². The summed E-state index contributed by atoms with van der Waals surface area (Å²) in [4.78, 5) is 0. The van der Waals surface area contributed by atoms with Crippen LogP contribution >= 0.6 is 15.9 Å². The molecule has 0 aliphatic carbocycles. The molecule has 6 heteroatoms. The Morgan fingerprint density at radius 2 is 2.26 bits per heavy atom. The number of rotatable bonds is 4. The smallest absolute Gasteiger partial charge is 0.124 e. The largest absolute Gasteiger partial charge is 0.273 e. The highest BCUT2D eigenvalue weighted by atomic mass is 79.9. The lowest BCUT2D eigenvalue weighted by molar-refractivity contribution is 0.546. The molecule has 2 rings (SSSR count). The van der Waals surface area contributed by atoms with E-state index in [0.717, 1.165) is 21.3 Å². The fraction of sp³-hybridized carbons (Fsp3) is 0.308. The van der Waals surface area contributed by atoms with Crippen LogP contribution in [0.5, 0.6) is 0 Å². The molecule has 0 saturated heterocycles. The second kappa shape index (κ2) is 5.81. The van der Waals surface area contributed by atoms with E-state index in [1.165, 1.54) is 12.1 Å². The molecule has 3 N–H and O–H groups in total. The molecule has 0 saturated carbocycles. The van der Waals surface area contributed by atoms with Gasteiger partial charge in [-0.15, -0.1) is 0 Å². The minimum Gasteiger partial charge on any atom is -0.273 e. The molecule has 0 spiro atoms. The quantitative estimate of drug-likeness (QED) is 0.670. The zero-order chi connectivity index (χ0) is 14.0. The first kappa shape index (κ1) is 14.2. The molecule has 0 amide bonds. The van der Waals surface area contributed by atoms with Gasteiger partial charge in [0.25, 0.3) is 0 Å². The van der Waals surface area contributed by atoms with E-state index in [1.807, 2.05) is 14.0 Å². The number of aromatic nitrogens is 2. The highest BCUT2D eigenvalue weighted by molar-refractivity contribution is 9.10. The number of nitrogens with two attached hydrogens (primary N) is 1. The summed E-state index contributed by atoms with van der Waals surface area (Å²) < 4.78 is 15.6. The van der Waals surface area contributed by atoms with E-state index in [1.54, 1.807) is 16.9 Å². The lowest BCUT2D eigenvalue weighted by Crippen LogP contribution is -2.30. The van der Waals surface area contributed by atoms with Gasteiger partial charge in [-0.05, 0) is 31.0 Å². The number of benzene rings is 1. The number of hydrazine groups is 1. The fourth-order valence-corrected chi connectivity index (χ4v) is 2.54. The van der Waals surface area contributed by atoms with Crippen LogP contribution in [0.2, 0.25) is 0 Å². The molecule has 0 radical (unpaired) electrons. The number of nitrogens with zero attached hydrogens (tertiary/aromatic N) is 2. The van der Waals surface area contributed by atoms with Gasteiger partial charge in [-0.3, -0.25) is 16.0 Å². The van der Waals surface area contributed by atoms with Crippen LogP contribution in [0.4, 0.5) is 4.39 Å². The summed E-state index contributed by atoms with van der Waals surface area (Å²) in [7, 11) is 1.89. The standard InChI is InChI=1S/C13H16BrFN4/c1-8-11(7-17-19(8)2)13(18-16)5-9-3-4-10(15)6-12(9)14/h3-4,6-7,13,18H,5,16H2,1-2H3. The van der Waals surface area contributed by atoms with E-state index >= 15 is 0 Å². The van der Waals surface area contributed by atoms with Gasteiger partial charge < -0.3 is 0 Å². The Hall–Kier alpha value is -1.24. The van der Waals surface area contributed by atoms with Crippen molar-refractivity contribution in [1.82, 2.24) is 15.2 Å². The first-order valence-electron chi connectivity index (χ1n) is 5.91. The Labute approximate surface area is 119 Å². The maximum atomic E-state index is 13.1. The van der Waals surface area contributed by atoms with Crippen LogP contribution in [0, 0.1) is 12.7 Å². The van der Waals surface area contributed by atoms with E-state index in [4.69, 9.17) is 5.84 Å². The van der Waals surface area contributed by atoms with Gasteiger partial charge in [0.05, 0.1) is 12.2 Å². The maximum Gasteiger partial charge on any atom is 0.124 e. The predicted molar refractivity (Wildman–Crippen MR) is 75.8 cm³/mol. The van der Waals surface area contributed by atoms with Crippen molar-refractivity contribution in [2.45, 2.75) is 19.4 Å². The molecule has 102 valence electrons. The number of hydrogen-bond donors (Lipinski definition) is 2. The Balaban J connectivity index is 2.26. The van der Waals surface area contributed by atoms with Crippen LogP contribution in [0.3, 0.4) is 0 Å². The molecule has 1 heterocycles. The molecule has 1 unspecified atom stereocenters. The van der Waals surface area contributed by atoms with Gasteiger partial charge in [0, 0.05) is 22.8 Å². The molecular weight excluding hydrogens is 311 g/mol. The summed E-state index contributed by atoms with van der Waals surface area (Å²) in [5.41, 5.74) is 5.89. The van der Waals surface area contributed by atoms with Crippen molar-refractivity contribution in [3.8, 4) is 0 Å². The predicted octanol–water partition coefficient (Wildman–Crippen LogP) is 2.38. The third-order valence-corrected chi connectivity index (χ3v) is 4.03. The van der Waals surface area contributed by atoms with Gasteiger partial charge in [0.2, 0.25) is 0 Å². The Bertz CT molecular complexity index is 582. The Kier molecular flexibility index (Phi) is 4.34. The fourth-order valence-electron chi connectivity index (χ4n) is 2.02. The summed E-state index contributed by atoms with van der Waals surface area (Å²) in [6, 6.07) is 4.61. The zero-order valence-electron chi connectivity index (χ0n) is 10.8. The zero-order valence-corrected chi connectivity index (χ0v) is 12.4. The average molecular weight is 327 g/mol. The monoisotopic (exact) mass is 326 g/mol. The van der Waals surface area contributed by atoms with Crippen molar-refractivity contribution in [2.75, 3.05) is 0 Å². The first-order chi connectivity index (χ1) is 9.02. The van der Waals surface area contributed by atoms with E-state index in [-0.39, 0.29) is 11.9 Å². The van der Waals surface area contributed by atoms with Gasteiger partial charge in [0.1, 0.15) is 5.82 Å². The summed E-state index contributed by atoms with van der Waals surface area (Å²) in [6.45, 7) is 1.99. The lowest BCUT2D eigenvalue weighted by atomic mass is 10.00. The van der Waals surface area contributed by atoms with E-state index < -0.39 is 0 Å². The van der Waals surface area contributed by atoms with E-state index in [0.29, 0.717) is 6.42 Å². The topological polar surface area (TPSA) is 55.9 Å². The molecule has 1 aromatic heterocycles. The molecule has 1 aromatic carbocycles. The summed E-state index contributed by atoms with van der Waals surface area (Å²) in [5.74, 6) is 5.38. The molecule has 0 aliphatic heterocycles. The molecule has 4 nitrogen and oxygen atoms in total. The van der Waals surface area contributed by atoms with Gasteiger partial charge in [-0.1, -0.05) is 22.0 Å². The van der Waals surface area contributed by atoms with Crippen LogP contribution in [0.1, 0.15) is 22.9 Å². The van der Waals surface area contributed by atoms with Crippen LogP contribution in [-0.4, -0.2) is 9.78 Å². The van der Waals surface area contributed by atoms with Crippen molar-refractivity contribution in [3.63, 3.8) is 0 Å². The van der Waals surface area contributed by atoms with Gasteiger partial charge in [-0.2, -0.15) is 5.10 Å². The number of nitrogens with one attached hydrogen (secondary N) is 1. The van der Waals surface area contributed by atoms with Crippen LogP contribution in [0.25, 0.3) is 0 Å². The normalized spacial score (nSPS) is 12.7. The number of halogens is 2. The molecule has 0 bridgehead atoms. The molecule has 2 aromatic rings. The third-order valence-electron chi connectivity index (χ3n) is 3.29. The van der Waals surface area contributed by atoms with Gasteiger partial charge in [-0.25, -0.2) is 4.39 Å². The third kappa shape index (κ3) is 3.02. The Morgan fingerprint density at radius 3 is 2.79 bits per heavy atom. The van der Waals surface area contributed by atoms with E-state index in [9.17, 15) is 4.39 Å². The minimum atomic E-state index is -0.259. The second-order valence-corrected chi connectivity index (χ2v) is 5.32. The van der Waals surface area contributed by atoms with Crippen molar-refractivity contribution in [1.29, 1.82) is 0 Å². The lowest BCUT2D eigenvalue weighted by Gasteiger charge is -2.16. The second-order valence-electron chi connectivity index (χ2n) is 4.47. The molecule has 0 aliphatic rings. The van der Waals surface area contributed by atoms with Crippen molar-refractivity contribution in [3.05, 3.63) is 51.5 Å². The SMILES string of the molecule is Cc1c(C(Cc2ccc(F)cc2Br)NN)cnn1C. The highest BCUT2D eigenvalue weighted by Gasteiger charge is 2.17. The van der Waals surface area contributed by atoms with Gasteiger partial charge >= 0.3 is 0 Å². The van der Waals surface area contributed by atoms with Crippen molar-refractivity contribution < 1.29 is 4.39 Å². The number of aryl methyl sites for hydroxylation is 1. The minimum absolute atomic E-state index is 0.0598. The molecular formula is C13H16BrFN4. The summed E-state index contributed by atoms with van der Waals surface area (Å²) in [5, 5.41) is 4.21. The maximum absolute atomic E-state index is 13.1. The van der Waals surface area contributed by atoms with E-state index in [2.05, 4.69) is 26.5 Å². The summed E-state index contributed by atoms with van der Waals surface area (Å²) in [6.07, 6.45) is 2.46. The molecule has 1 atom stereocenters. The molecule has 0 fully saturated rings. The van der Waals surface area contributed by atoms with Crippen molar-refractivity contribution >= 4 is 15.9 Å². The van der Waals surface area contributed by atoms with Gasteiger partial charge in [0.15, 0.2) is 0 Å². The van der Waals surface area contributed by atoms with Crippen LogP contribution in [-0.2, 0) is 13.5 Å². The average Bonchev–Trinajstić information content (AvgIpc) is 2.70.